The highest BCUT2D eigenvalue weighted by Gasteiger charge is 2.48. The zero-order chi connectivity index (χ0) is 22.8. The number of ketones is 1. The van der Waals surface area contributed by atoms with Crippen LogP contribution in [-0.4, -0.2) is 33.6 Å². The molecule has 1 aromatic heterocycles. The number of aliphatic hydroxyl groups is 1. The molecular formula is C24H21N3O4S. The van der Waals surface area contributed by atoms with E-state index in [2.05, 4.69) is 16.8 Å². The van der Waals surface area contributed by atoms with Crippen LogP contribution in [0.2, 0.25) is 0 Å². The molecule has 1 fully saturated rings. The van der Waals surface area contributed by atoms with E-state index in [0.717, 1.165) is 5.56 Å². The van der Waals surface area contributed by atoms with Crippen LogP contribution in [0.1, 0.15) is 27.7 Å². The van der Waals surface area contributed by atoms with Crippen molar-refractivity contribution in [3.63, 3.8) is 0 Å². The van der Waals surface area contributed by atoms with Crippen molar-refractivity contribution in [3.8, 4) is 5.75 Å². The number of aryl methyl sites for hydroxylation is 2. The lowest BCUT2D eigenvalue weighted by Crippen LogP contribution is -2.29. The average Bonchev–Trinajstić information content (AvgIpc) is 3.33. The van der Waals surface area contributed by atoms with Gasteiger partial charge in [0, 0.05) is 5.56 Å². The van der Waals surface area contributed by atoms with E-state index in [1.54, 1.807) is 49.4 Å². The summed E-state index contributed by atoms with van der Waals surface area (Å²) in [6.07, 6.45) is 1.64. The molecule has 0 aliphatic carbocycles. The normalized spacial score (nSPS) is 17.6. The molecule has 3 aromatic rings. The molecule has 0 radical (unpaired) electrons. The number of carbonyl (C=O) groups excluding carboxylic acids is 2. The Bertz CT molecular complexity index is 1210. The summed E-state index contributed by atoms with van der Waals surface area (Å²) in [5, 5.41) is 20.1. The first kappa shape index (κ1) is 21.5. The van der Waals surface area contributed by atoms with Crippen molar-refractivity contribution in [2.75, 3.05) is 11.5 Å². The van der Waals surface area contributed by atoms with Gasteiger partial charge in [-0.15, -0.1) is 10.2 Å². The SMILES string of the molecule is C=CCOc1ccc([C@@H]2C(=C(O)c3ccc(C)cc3)C(=O)C(=O)N2c2nnc(C)s2)cc1. The summed E-state index contributed by atoms with van der Waals surface area (Å²) in [5.41, 5.74) is 2.11. The summed E-state index contributed by atoms with van der Waals surface area (Å²) in [5.74, 6) is -1.14. The van der Waals surface area contributed by atoms with Gasteiger partial charge in [-0.2, -0.15) is 0 Å². The lowest BCUT2D eigenvalue weighted by molar-refractivity contribution is -0.132. The van der Waals surface area contributed by atoms with Gasteiger partial charge in [-0.05, 0) is 31.5 Å². The van der Waals surface area contributed by atoms with Gasteiger partial charge in [0.25, 0.3) is 5.78 Å². The van der Waals surface area contributed by atoms with E-state index in [1.165, 1.54) is 16.2 Å². The molecule has 0 bridgehead atoms. The van der Waals surface area contributed by atoms with Crippen LogP contribution in [0.4, 0.5) is 5.13 Å². The topological polar surface area (TPSA) is 92.6 Å². The van der Waals surface area contributed by atoms with Crippen molar-refractivity contribution in [1.82, 2.24) is 10.2 Å². The monoisotopic (exact) mass is 447 g/mol. The third-order valence-electron chi connectivity index (χ3n) is 5.05. The Morgan fingerprint density at radius 3 is 2.41 bits per heavy atom. The van der Waals surface area contributed by atoms with Gasteiger partial charge in [0.15, 0.2) is 0 Å². The molecule has 0 saturated carbocycles. The van der Waals surface area contributed by atoms with Crippen molar-refractivity contribution in [2.45, 2.75) is 19.9 Å². The Labute approximate surface area is 189 Å². The zero-order valence-corrected chi connectivity index (χ0v) is 18.4. The molecule has 2 heterocycles. The molecular weight excluding hydrogens is 426 g/mol. The maximum atomic E-state index is 13.1. The number of carbonyl (C=O) groups is 2. The number of Topliss-reactive ketones (excluding diaryl/α,β-unsaturated/α-hetero) is 1. The molecule has 0 unspecified atom stereocenters. The fraction of sp³-hybridized carbons (Fsp3) is 0.167. The Balaban J connectivity index is 1.86. The molecule has 1 aliphatic heterocycles. The van der Waals surface area contributed by atoms with Crippen LogP contribution in [0.3, 0.4) is 0 Å². The minimum atomic E-state index is -0.850. The standard InChI is InChI=1S/C24H21N3O4S/c1-4-13-31-18-11-9-16(10-12-18)20-19(21(28)17-7-5-14(2)6-8-17)22(29)23(30)27(20)24-26-25-15(3)32-24/h4-12,20,28H,1,13H2,2-3H3/t20-/m1/s1. The van der Waals surface area contributed by atoms with Gasteiger partial charge < -0.3 is 9.84 Å². The van der Waals surface area contributed by atoms with Gasteiger partial charge in [0.1, 0.15) is 23.1 Å². The van der Waals surface area contributed by atoms with Gasteiger partial charge >= 0.3 is 5.91 Å². The van der Waals surface area contributed by atoms with Crippen LogP contribution >= 0.6 is 11.3 Å². The van der Waals surface area contributed by atoms with Crippen LogP contribution < -0.4 is 9.64 Å². The highest BCUT2D eigenvalue weighted by atomic mass is 32.1. The highest BCUT2D eigenvalue weighted by Crippen LogP contribution is 2.43. The highest BCUT2D eigenvalue weighted by molar-refractivity contribution is 7.15. The number of aromatic nitrogens is 2. The summed E-state index contributed by atoms with van der Waals surface area (Å²) in [4.78, 5) is 27.4. The van der Waals surface area contributed by atoms with Gasteiger partial charge in [-0.1, -0.05) is 66.0 Å². The third kappa shape index (κ3) is 3.92. The lowest BCUT2D eigenvalue weighted by Gasteiger charge is -2.22. The van der Waals surface area contributed by atoms with Crippen molar-refractivity contribution in [2.24, 2.45) is 0 Å². The fourth-order valence-electron chi connectivity index (χ4n) is 3.50. The molecule has 0 spiro atoms. The second kappa shape index (κ2) is 8.76. The number of hydrogen-bond donors (Lipinski definition) is 1. The molecule has 1 atom stereocenters. The smallest absolute Gasteiger partial charge is 0.301 e. The maximum absolute atomic E-state index is 13.1. The summed E-state index contributed by atoms with van der Waals surface area (Å²) in [6.45, 7) is 7.68. The lowest BCUT2D eigenvalue weighted by atomic mass is 9.95. The molecule has 4 rings (SSSR count). The van der Waals surface area contributed by atoms with Gasteiger partial charge in [0.05, 0.1) is 11.6 Å². The minimum absolute atomic E-state index is 0.00599. The molecule has 1 saturated heterocycles. The number of rotatable bonds is 6. The summed E-state index contributed by atoms with van der Waals surface area (Å²) < 4.78 is 5.54. The molecule has 1 N–H and O–H groups in total. The van der Waals surface area contributed by atoms with E-state index >= 15 is 0 Å². The number of anilines is 1. The summed E-state index contributed by atoms with van der Waals surface area (Å²) in [6, 6.07) is 13.3. The van der Waals surface area contributed by atoms with E-state index in [-0.39, 0.29) is 11.3 Å². The predicted molar refractivity (Wildman–Crippen MR) is 123 cm³/mol. The van der Waals surface area contributed by atoms with Crippen LogP contribution in [0.25, 0.3) is 5.76 Å². The van der Waals surface area contributed by atoms with Crippen molar-refractivity contribution >= 4 is 33.9 Å². The third-order valence-corrected chi connectivity index (χ3v) is 5.89. The van der Waals surface area contributed by atoms with Crippen LogP contribution in [-0.2, 0) is 9.59 Å². The Morgan fingerprint density at radius 1 is 1.12 bits per heavy atom. The van der Waals surface area contributed by atoms with Gasteiger partial charge in [-0.3, -0.25) is 14.5 Å². The average molecular weight is 448 g/mol. The molecule has 8 heteroatoms. The van der Waals surface area contributed by atoms with E-state index < -0.39 is 17.7 Å². The minimum Gasteiger partial charge on any atom is -0.507 e. The molecule has 1 aliphatic rings. The van der Waals surface area contributed by atoms with Crippen molar-refractivity contribution in [3.05, 3.63) is 88.5 Å². The number of ether oxygens (including phenoxy) is 1. The van der Waals surface area contributed by atoms with E-state index in [1.807, 2.05) is 19.1 Å². The second-order valence-corrected chi connectivity index (χ2v) is 8.47. The molecule has 2 aromatic carbocycles. The Morgan fingerprint density at radius 2 is 1.81 bits per heavy atom. The molecule has 162 valence electrons. The van der Waals surface area contributed by atoms with Crippen LogP contribution in [0, 0.1) is 13.8 Å². The van der Waals surface area contributed by atoms with Crippen LogP contribution in [0.15, 0.2) is 66.8 Å². The van der Waals surface area contributed by atoms with Gasteiger partial charge in [-0.25, -0.2) is 0 Å². The number of nitrogens with zero attached hydrogens (tertiary/aromatic N) is 3. The molecule has 7 nitrogen and oxygen atoms in total. The first-order valence-corrected chi connectivity index (χ1v) is 10.7. The van der Waals surface area contributed by atoms with Crippen molar-refractivity contribution in [1.29, 1.82) is 0 Å². The predicted octanol–water partition coefficient (Wildman–Crippen LogP) is 4.35. The summed E-state index contributed by atoms with van der Waals surface area (Å²) in [7, 11) is 0. The Kier molecular flexibility index (Phi) is 5.87. The first-order chi connectivity index (χ1) is 15.4. The first-order valence-electron chi connectivity index (χ1n) is 9.92. The quantitative estimate of drug-likeness (QED) is 0.261. The Hall–Kier alpha value is -3.78. The molecule has 1 amide bonds. The number of benzene rings is 2. The largest absolute Gasteiger partial charge is 0.507 e. The number of aliphatic hydroxyl groups excluding tert-OH is 1. The summed E-state index contributed by atoms with van der Waals surface area (Å²) >= 11 is 1.21. The second-order valence-electron chi connectivity index (χ2n) is 7.31. The maximum Gasteiger partial charge on any atom is 0.301 e. The van der Waals surface area contributed by atoms with E-state index in [4.69, 9.17) is 4.74 Å². The number of amides is 1. The van der Waals surface area contributed by atoms with Crippen molar-refractivity contribution < 1.29 is 19.4 Å². The number of hydrogen-bond acceptors (Lipinski definition) is 7. The van der Waals surface area contributed by atoms with E-state index in [9.17, 15) is 14.7 Å². The molecule has 32 heavy (non-hydrogen) atoms. The fourth-order valence-corrected chi connectivity index (χ4v) is 4.21. The van der Waals surface area contributed by atoms with Gasteiger partial charge in [0.2, 0.25) is 5.13 Å². The van der Waals surface area contributed by atoms with E-state index in [0.29, 0.717) is 33.6 Å². The zero-order valence-electron chi connectivity index (χ0n) is 17.6. The van der Waals surface area contributed by atoms with Crippen LogP contribution in [0.5, 0.6) is 5.75 Å².